The zero-order valence-corrected chi connectivity index (χ0v) is 17.9. The Morgan fingerprint density at radius 2 is 2.07 bits per heavy atom. The molecule has 2 aromatic carbocycles. The van der Waals surface area contributed by atoms with Crippen molar-refractivity contribution < 1.29 is 9.47 Å². The molecule has 1 aromatic heterocycles. The largest absolute Gasteiger partial charge is 0.493 e. The van der Waals surface area contributed by atoms with Crippen LogP contribution in [-0.2, 0) is 0 Å². The number of benzene rings is 2. The summed E-state index contributed by atoms with van der Waals surface area (Å²) in [5.74, 6) is 4.09. The van der Waals surface area contributed by atoms with Crippen molar-refractivity contribution in [1.82, 2.24) is 9.66 Å². The molecule has 0 spiro atoms. The summed E-state index contributed by atoms with van der Waals surface area (Å²) in [5, 5.41) is 4.91. The van der Waals surface area contributed by atoms with Crippen LogP contribution in [0.25, 0.3) is 10.9 Å². The molecule has 0 aliphatic carbocycles. The minimum atomic E-state index is -0.225. The van der Waals surface area contributed by atoms with Gasteiger partial charge in [-0.25, -0.2) is 4.98 Å². The Labute approximate surface area is 177 Å². The van der Waals surface area contributed by atoms with Gasteiger partial charge < -0.3 is 9.47 Å². The lowest BCUT2D eigenvalue weighted by atomic mass is 10.2. The fourth-order valence-corrected chi connectivity index (χ4v) is 3.14. The summed E-state index contributed by atoms with van der Waals surface area (Å²) >= 11 is 3.40. The maximum Gasteiger partial charge on any atom is 0.282 e. The number of hydrogen-bond acceptors (Lipinski definition) is 5. The van der Waals surface area contributed by atoms with Crippen LogP contribution in [-0.4, -0.2) is 29.6 Å². The first kappa shape index (κ1) is 20.6. The molecular formula is C22H20BrN3O3. The lowest BCUT2D eigenvalue weighted by molar-refractivity contribution is 0.331. The Morgan fingerprint density at radius 1 is 1.28 bits per heavy atom. The molecule has 0 N–H and O–H groups in total. The van der Waals surface area contributed by atoms with Gasteiger partial charge in [0.2, 0.25) is 0 Å². The molecular weight excluding hydrogens is 434 g/mol. The van der Waals surface area contributed by atoms with Crippen molar-refractivity contribution in [3.05, 3.63) is 62.6 Å². The number of rotatable bonds is 6. The molecule has 0 aliphatic rings. The summed E-state index contributed by atoms with van der Waals surface area (Å²) in [6, 6.07) is 10.8. The molecule has 148 valence electrons. The molecule has 6 nitrogen and oxygen atoms in total. The van der Waals surface area contributed by atoms with Crippen LogP contribution < -0.4 is 15.0 Å². The van der Waals surface area contributed by atoms with Gasteiger partial charge in [-0.3, -0.25) is 4.79 Å². The SMILES string of the molecule is C#CCOc1ccc(C=Nn2c(C(C)C)nc3ccc(Br)cc3c2=O)cc1OC. The van der Waals surface area contributed by atoms with Crippen molar-refractivity contribution in [2.45, 2.75) is 19.8 Å². The third-order valence-electron chi connectivity index (χ3n) is 4.17. The summed E-state index contributed by atoms with van der Waals surface area (Å²) in [6.07, 6.45) is 6.82. The van der Waals surface area contributed by atoms with E-state index in [1.807, 2.05) is 32.0 Å². The van der Waals surface area contributed by atoms with Gasteiger partial charge in [0.05, 0.1) is 24.2 Å². The molecule has 3 rings (SSSR count). The number of methoxy groups -OCH3 is 1. The zero-order chi connectivity index (χ0) is 21.0. The molecule has 0 saturated carbocycles. The fourth-order valence-electron chi connectivity index (χ4n) is 2.78. The van der Waals surface area contributed by atoms with Crippen molar-refractivity contribution in [2.24, 2.45) is 5.10 Å². The molecule has 7 heteroatoms. The Bertz CT molecular complexity index is 1180. The average molecular weight is 454 g/mol. The Kier molecular flexibility index (Phi) is 6.35. The number of nitrogens with zero attached hydrogens (tertiary/aromatic N) is 3. The Morgan fingerprint density at radius 3 is 2.76 bits per heavy atom. The van der Waals surface area contributed by atoms with E-state index in [2.05, 4.69) is 31.9 Å². The summed E-state index contributed by atoms with van der Waals surface area (Å²) < 4.78 is 13.0. The van der Waals surface area contributed by atoms with Crippen LogP contribution in [0, 0.1) is 12.3 Å². The average Bonchev–Trinajstić information content (AvgIpc) is 2.71. The van der Waals surface area contributed by atoms with E-state index >= 15 is 0 Å². The third kappa shape index (κ3) is 4.49. The van der Waals surface area contributed by atoms with E-state index in [9.17, 15) is 4.79 Å². The number of ether oxygens (including phenoxy) is 2. The normalized spacial score (nSPS) is 11.2. The summed E-state index contributed by atoms with van der Waals surface area (Å²) in [6.45, 7) is 4.09. The molecule has 29 heavy (non-hydrogen) atoms. The van der Waals surface area contributed by atoms with Crippen LogP contribution in [0.4, 0.5) is 0 Å². The first-order chi connectivity index (χ1) is 13.9. The third-order valence-corrected chi connectivity index (χ3v) is 4.66. The Hall–Kier alpha value is -3.11. The molecule has 0 radical (unpaired) electrons. The van der Waals surface area contributed by atoms with Crippen LogP contribution >= 0.6 is 15.9 Å². The highest BCUT2D eigenvalue weighted by atomic mass is 79.9. The van der Waals surface area contributed by atoms with Gasteiger partial charge in [-0.2, -0.15) is 9.78 Å². The van der Waals surface area contributed by atoms with E-state index in [1.165, 1.54) is 4.68 Å². The molecule has 0 aliphatic heterocycles. The second-order valence-electron chi connectivity index (χ2n) is 6.55. The maximum atomic E-state index is 13.0. The number of terminal acetylenes is 1. The van der Waals surface area contributed by atoms with Crippen LogP contribution in [0.1, 0.15) is 31.2 Å². The summed E-state index contributed by atoms with van der Waals surface area (Å²) in [5.41, 5.74) is 1.16. The predicted octanol–water partition coefficient (Wildman–Crippen LogP) is 4.19. The fraction of sp³-hybridized carbons (Fsp3) is 0.227. The number of aromatic nitrogens is 2. The zero-order valence-electron chi connectivity index (χ0n) is 16.3. The van der Waals surface area contributed by atoms with Gasteiger partial charge in [-0.1, -0.05) is 35.7 Å². The van der Waals surface area contributed by atoms with E-state index < -0.39 is 0 Å². The number of halogens is 1. The van der Waals surface area contributed by atoms with Crippen LogP contribution in [0.5, 0.6) is 11.5 Å². The maximum absolute atomic E-state index is 13.0. The monoisotopic (exact) mass is 453 g/mol. The molecule has 0 amide bonds. The van der Waals surface area contributed by atoms with Crippen LogP contribution in [0.3, 0.4) is 0 Å². The second-order valence-corrected chi connectivity index (χ2v) is 7.47. The van der Waals surface area contributed by atoms with E-state index in [0.717, 1.165) is 10.0 Å². The minimum Gasteiger partial charge on any atom is -0.493 e. The quantitative estimate of drug-likeness (QED) is 0.414. The van der Waals surface area contributed by atoms with Gasteiger partial charge in [0.15, 0.2) is 11.5 Å². The van der Waals surface area contributed by atoms with Crippen LogP contribution in [0.2, 0.25) is 0 Å². The van der Waals surface area contributed by atoms with E-state index in [0.29, 0.717) is 28.2 Å². The molecule has 0 fully saturated rings. The van der Waals surface area contributed by atoms with Gasteiger partial charge in [-0.15, -0.1) is 6.42 Å². The molecule has 0 atom stereocenters. The first-order valence-electron chi connectivity index (χ1n) is 8.95. The molecule has 0 saturated heterocycles. The Balaban J connectivity index is 2.06. The summed E-state index contributed by atoms with van der Waals surface area (Å²) in [7, 11) is 1.55. The predicted molar refractivity (Wildman–Crippen MR) is 118 cm³/mol. The molecule has 0 bridgehead atoms. The van der Waals surface area contributed by atoms with Crippen molar-refractivity contribution in [2.75, 3.05) is 13.7 Å². The highest BCUT2D eigenvalue weighted by molar-refractivity contribution is 9.10. The lowest BCUT2D eigenvalue weighted by Crippen LogP contribution is -2.23. The van der Waals surface area contributed by atoms with Crippen molar-refractivity contribution >= 4 is 33.0 Å². The van der Waals surface area contributed by atoms with E-state index in [-0.39, 0.29) is 18.1 Å². The lowest BCUT2D eigenvalue weighted by Gasteiger charge is -2.12. The summed E-state index contributed by atoms with van der Waals surface area (Å²) in [4.78, 5) is 17.7. The molecule has 3 aromatic rings. The van der Waals surface area contributed by atoms with Crippen molar-refractivity contribution in [3.63, 3.8) is 0 Å². The van der Waals surface area contributed by atoms with Crippen molar-refractivity contribution in [1.29, 1.82) is 0 Å². The van der Waals surface area contributed by atoms with Gasteiger partial charge in [0, 0.05) is 10.4 Å². The first-order valence-corrected chi connectivity index (χ1v) is 9.74. The topological polar surface area (TPSA) is 65.7 Å². The van der Waals surface area contributed by atoms with Gasteiger partial charge in [0.25, 0.3) is 5.56 Å². The van der Waals surface area contributed by atoms with Gasteiger partial charge in [-0.05, 0) is 42.0 Å². The van der Waals surface area contributed by atoms with Crippen molar-refractivity contribution in [3.8, 4) is 23.8 Å². The highest BCUT2D eigenvalue weighted by Gasteiger charge is 2.14. The highest BCUT2D eigenvalue weighted by Crippen LogP contribution is 2.27. The van der Waals surface area contributed by atoms with E-state index in [1.54, 1.807) is 31.5 Å². The second kappa shape index (κ2) is 8.93. The standard InChI is InChI=1S/C22H20BrN3O3/c1-5-10-29-19-9-6-15(11-20(19)28-4)13-24-26-21(14(2)3)25-18-8-7-16(23)12-17(18)22(26)27/h1,6-9,11-14H,10H2,2-4H3. The number of fused-ring (bicyclic) bond motifs is 1. The minimum absolute atomic E-state index is 0.0157. The van der Waals surface area contributed by atoms with Gasteiger partial charge >= 0.3 is 0 Å². The van der Waals surface area contributed by atoms with E-state index in [4.69, 9.17) is 15.9 Å². The van der Waals surface area contributed by atoms with Crippen LogP contribution in [0.15, 0.2) is 50.8 Å². The number of hydrogen-bond donors (Lipinski definition) is 0. The molecule has 1 heterocycles. The molecule has 0 unspecified atom stereocenters. The smallest absolute Gasteiger partial charge is 0.282 e. The van der Waals surface area contributed by atoms with Gasteiger partial charge in [0.1, 0.15) is 12.4 Å².